The number of rotatable bonds is 4. The number of nitrogens with zero attached hydrogens (tertiary/aromatic N) is 2. The fourth-order valence-electron chi connectivity index (χ4n) is 3.73. The molecule has 1 aliphatic heterocycles. The van der Waals surface area contributed by atoms with Crippen LogP contribution in [0, 0.1) is 5.82 Å². The zero-order valence-electron chi connectivity index (χ0n) is 17.0. The number of halogens is 1. The van der Waals surface area contributed by atoms with Gasteiger partial charge in [-0.05, 0) is 69.7 Å². The van der Waals surface area contributed by atoms with Gasteiger partial charge in [0.25, 0.3) is 0 Å². The summed E-state index contributed by atoms with van der Waals surface area (Å²) in [7, 11) is 0. The van der Waals surface area contributed by atoms with Crippen molar-refractivity contribution in [3.8, 4) is 0 Å². The largest absolute Gasteiger partial charge is 0.465 e. The molecule has 0 bridgehead atoms. The van der Waals surface area contributed by atoms with Crippen molar-refractivity contribution >= 4 is 12.1 Å². The second-order valence-electron chi connectivity index (χ2n) is 8.87. The van der Waals surface area contributed by atoms with Crippen LogP contribution in [0.25, 0.3) is 0 Å². The highest BCUT2D eigenvalue weighted by Gasteiger charge is 2.32. The molecule has 1 heterocycles. The van der Waals surface area contributed by atoms with Crippen molar-refractivity contribution < 1.29 is 23.8 Å². The molecule has 2 fully saturated rings. The smallest absolute Gasteiger partial charge is 0.407 e. The minimum atomic E-state index is -0.904. The lowest BCUT2D eigenvalue weighted by Crippen LogP contribution is -2.53. The van der Waals surface area contributed by atoms with E-state index < -0.39 is 23.5 Å². The molecule has 6 nitrogen and oxygen atoms in total. The fourth-order valence-corrected chi connectivity index (χ4v) is 3.73. The van der Waals surface area contributed by atoms with Crippen molar-refractivity contribution in [2.75, 3.05) is 19.6 Å². The van der Waals surface area contributed by atoms with Crippen molar-refractivity contribution in [3.63, 3.8) is 0 Å². The lowest BCUT2D eigenvalue weighted by Gasteiger charge is -2.38. The van der Waals surface area contributed by atoms with Gasteiger partial charge in [-0.25, -0.2) is 14.0 Å². The van der Waals surface area contributed by atoms with Crippen molar-refractivity contribution in [1.82, 2.24) is 9.80 Å². The molecular formula is C21H29FN2O4. The van der Waals surface area contributed by atoms with Gasteiger partial charge < -0.3 is 14.7 Å². The van der Waals surface area contributed by atoms with E-state index in [9.17, 15) is 19.1 Å². The zero-order valence-corrected chi connectivity index (χ0v) is 17.0. The molecule has 1 saturated carbocycles. The third kappa shape index (κ3) is 4.82. The van der Waals surface area contributed by atoms with Gasteiger partial charge in [-0.3, -0.25) is 4.90 Å². The van der Waals surface area contributed by atoms with E-state index in [-0.39, 0.29) is 11.6 Å². The second kappa shape index (κ2) is 7.70. The SMILES string of the molecule is CC1CN(Cc2cc(F)c(C(=O)OC(C)(C)C)cc2C2CC2)CCN1C(=O)O. The minimum absolute atomic E-state index is 0.00959. The molecule has 1 aliphatic carbocycles. The van der Waals surface area contributed by atoms with Crippen LogP contribution in [-0.4, -0.2) is 58.2 Å². The van der Waals surface area contributed by atoms with Crippen LogP contribution in [0.5, 0.6) is 0 Å². The van der Waals surface area contributed by atoms with Gasteiger partial charge in [0.2, 0.25) is 0 Å². The first kappa shape index (κ1) is 20.6. The standard InChI is InChI=1S/C21H29FN2O4/c1-13-11-23(7-8-24(13)20(26)27)12-15-9-18(22)17(10-16(15)14-5-6-14)19(25)28-21(2,3)4/h9-10,13-14H,5-8,11-12H2,1-4H3,(H,26,27). The van der Waals surface area contributed by atoms with Crippen molar-refractivity contribution in [2.24, 2.45) is 0 Å². The van der Waals surface area contributed by atoms with E-state index in [2.05, 4.69) is 4.90 Å². The molecule has 3 rings (SSSR count). The molecule has 1 aromatic rings. The van der Waals surface area contributed by atoms with Crippen molar-refractivity contribution in [1.29, 1.82) is 0 Å². The molecule has 154 valence electrons. The molecule has 0 aromatic heterocycles. The average molecular weight is 392 g/mol. The number of esters is 1. The Morgan fingerprint density at radius 3 is 2.46 bits per heavy atom. The maximum atomic E-state index is 14.7. The summed E-state index contributed by atoms with van der Waals surface area (Å²) >= 11 is 0. The Morgan fingerprint density at radius 2 is 1.93 bits per heavy atom. The summed E-state index contributed by atoms with van der Waals surface area (Å²) in [6.07, 6.45) is 1.17. The van der Waals surface area contributed by atoms with Crippen LogP contribution < -0.4 is 0 Å². The fraction of sp³-hybridized carbons (Fsp3) is 0.619. The third-order valence-electron chi connectivity index (χ3n) is 5.22. The third-order valence-corrected chi connectivity index (χ3v) is 5.22. The van der Waals surface area contributed by atoms with Gasteiger partial charge in [0.1, 0.15) is 11.4 Å². The van der Waals surface area contributed by atoms with Gasteiger partial charge in [-0.1, -0.05) is 0 Å². The number of hydrogen-bond acceptors (Lipinski definition) is 4. The number of ether oxygens (including phenoxy) is 1. The van der Waals surface area contributed by atoms with E-state index in [1.807, 2.05) is 6.92 Å². The predicted molar refractivity (Wildman–Crippen MR) is 103 cm³/mol. The lowest BCUT2D eigenvalue weighted by atomic mass is 9.98. The van der Waals surface area contributed by atoms with Crippen LogP contribution in [0.4, 0.5) is 9.18 Å². The summed E-state index contributed by atoms with van der Waals surface area (Å²) in [6, 6.07) is 3.01. The Kier molecular flexibility index (Phi) is 5.66. The highest BCUT2D eigenvalue weighted by Crippen LogP contribution is 2.43. The lowest BCUT2D eigenvalue weighted by molar-refractivity contribution is 0.00645. The molecule has 1 N–H and O–H groups in total. The number of carbonyl (C=O) groups excluding carboxylic acids is 1. The summed E-state index contributed by atoms with van der Waals surface area (Å²) in [6.45, 7) is 9.36. The van der Waals surface area contributed by atoms with Crippen LogP contribution in [0.1, 0.15) is 67.9 Å². The summed E-state index contributed by atoms with van der Waals surface area (Å²) in [5.74, 6) is -0.845. The normalized spacial score (nSPS) is 20.9. The first-order chi connectivity index (χ1) is 13.0. The molecule has 1 aromatic carbocycles. The molecule has 1 amide bonds. The minimum Gasteiger partial charge on any atom is -0.465 e. The van der Waals surface area contributed by atoms with Gasteiger partial charge in [0.05, 0.1) is 5.56 Å². The molecule has 7 heteroatoms. The maximum Gasteiger partial charge on any atom is 0.407 e. The Labute approximate surface area is 165 Å². The van der Waals surface area contributed by atoms with Crippen LogP contribution in [0.2, 0.25) is 0 Å². The van der Waals surface area contributed by atoms with Crippen LogP contribution >= 0.6 is 0 Å². The molecule has 1 saturated heterocycles. The highest BCUT2D eigenvalue weighted by atomic mass is 19.1. The summed E-state index contributed by atoms with van der Waals surface area (Å²) in [5, 5.41) is 9.22. The zero-order chi connectivity index (χ0) is 20.6. The van der Waals surface area contributed by atoms with E-state index in [4.69, 9.17) is 4.74 Å². The number of carboxylic acid groups (broad SMARTS) is 1. The van der Waals surface area contributed by atoms with E-state index in [0.717, 1.165) is 24.0 Å². The van der Waals surface area contributed by atoms with E-state index in [1.165, 1.54) is 11.0 Å². The Hall–Kier alpha value is -2.15. The maximum absolute atomic E-state index is 14.7. The van der Waals surface area contributed by atoms with Gasteiger partial charge in [-0.15, -0.1) is 0 Å². The molecule has 0 spiro atoms. The van der Waals surface area contributed by atoms with Gasteiger partial charge in [0.15, 0.2) is 0 Å². The summed E-state index contributed by atoms with van der Waals surface area (Å²) in [4.78, 5) is 27.2. The predicted octanol–water partition coefficient (Wildman–Crippen LogP) is 3.84. The topological polar surface area (TPSA) is 70.1 Å². The number of carbonyl (C=O) groups is 2. The molecule has 1 atom stereocenters. The second-order valence-corrected chi connectivity index (χ2v) is 8.87. The first-order valence-corrected chi connectivity index (χ1v) is 9.82. The van der Waals surface area contributed by atoms with E-state index in [1.54, 1.807) is 26.8 Å². The van der Waals surface area contributed by atoms with Gasteiger partial charge in [0, 0.05) is 32.2 Å². The quantitative estimate of drug-likeness (QED) is 0.789. The van der Waals surface area contributed by atoms with Crippen molar-refractivity contribution in [3.05, 3.63) is 34.6 Å². The molecule has 28 heavy (non-hydrogen) atoms. The monoisotopic (exact) mass is 392 g/mol. The van der Waals surface area contributed by atoms with Gasteiger partial charge >= 0.3 is 12.1 Å². The van der Waals surface area contributed by atoms with Gasteiger partial charge in [-0.2, -0.15) is 0 Å². The van der Waals surface area contributed by atoms with E-state index >= 15 is 0 Å². The molecule has 2 aliphatic rings. The number of piperazine rings is 1. The van der Waals surface area contributed by atoms with Crippen molar-refractivity contribution in [2.45, 2.75) is 64.6 Å². The summed E-state index contributed by atoms with van der Waals surface area (Å²) in [5.41, 5.74) is 1.20. The van der Waals surface area contributed by atoms with Crippen LogP contribution in [0.3, 0.4) is 0 Å². The molecule has 1 unspecified atom stereocenters. The van der Waals surface area contributed by atoms with Crippen LogP contribution in [0.15, 0.2) is 12.1 Å². The highest BCUT2D eigenvalue weighted by molar-refractivity contribution is 5.90. The summed E-state index contributed by atoms with van der Waals surface area (Å²) < 4.78 is 20.1. The Balaban J connectivity index is 1.79. The Bertz CT molecular complexity index is 770. The first-order valence-electron chi connectivity index (χ1n) is 9.82. The number of amides is 1. The number of benzene rings is 1. The average Bonchev–Trinajstić information content (AvgIpc) is 3.37. The van der Waals surface area contributed by atoms with E-state index in [0.29, 0.717) is 32.1 Å². The molecule has 0 radical (unpaired) electrons. The molecular weight excluding hydrogens is 363 g/mol. The van der Waals surface area contributed by atoms with Crippen LogP contribution in [-0.2, 0) is 11.3 Å². The number of hydrogen-bond donors (Lipinski definition) is 1. The Morgan fingerprint density at radius 1 is 1.25 bits per heavy atom.